The Morgan fingerprint density at radius 3 is 2.70 bits per heavy atom. The summed E-state index contributed by atoms with van der Waals surface area (Å²) in [5.74, 6) is -0.424. The fourth-order valence-electron chi connectivity index (χ4n) is 2.15. The van der Waals surface area contributed by atoms with Crippen molar-refractivity contribution in [1.29, 1.82) is 0 Å². The number of aliphatic hydroxyl groups excluding tert-OH is 1. The Labute approximate surface area is 118 Å². The van der Waals surface area contributed by atoms with Crippen LogP contribution < -0.4 is 11.1 Å². The molecule has 4 N–H and O–H groups in total. The largest absolute Gasteiger partial charge is 0.382 e. The molecule has 0 saturated carbocycles. The highest BCUT2D eigenvalue weighted by atomic mass is 16.3. The molecule has 0 unspecified atom stereocenters. The van der Waals surface area contributed by atoms with Gasteiger partial charge in [0.1, 0.15) is 6.10 Å². The van der Waals surface area contributed by atoms with Gasteiger partial charge in [0.25, 0.3) is 5.91 Å². The van der Waals surface area contributed by atoms with Gasteiger partial charge < -0.3 is 16.2 Å². The number of carbonyl (C=O) groups is 1. The third-order valence-electron chi connectivity index (χ3n) is 3.48. The first kappa shape index (κ1) is 14.5. The maximum Gasteiger partial charge on any atom is 0.250 e. The lowest BCUT2D eigenvalue weighted by atomic mass is 10.0. The zero-order valence-corrected chi connectivity index (χ0v) is 11.5. The number of benzene rings is 2. The first-order valence-corrected chi connectivity index (χ1v) is 6.81. The van der Waals surface area contributed by atoms with Gasteiger partial charge in [0, 0.05) is 12.6 Å². The second kappa shape index (κ2) is 6.50. The number of aliphatic hydroxyl groups is 1. The highest BCUT2D eigenvalue weighted by Crippen LogP contribution is 2.18. The van der Waals surface area contributed by atoms with Crippen LogP contribution in [0.25, 0.3) is 10.8 Å². The number of nitrogens with one attached hydrogen (secondary N) is 1. The van der Waals surface area contributed by atoms with Crippen LogP contribution >= 0.6 is 0 Å². The van der Waals surface area contributed by atoms with E-state index in [1.54, 1.807) is 0 Å². The molecule has 2 aromatic rings. The van der Waals surface area contributed by atoms with E-state index in [2.05, 4.69) is 5.32 Å². The van der Waals surface area contributed by atoms with E-state index >= 15 is 0 Å². The van der Waals surface area contributed by atoms with Crippen molar-refractivity contribution in [2.24, 2.45) is 5.73 Å². The van der Waals surface area contributed by atoms with Gasteiger partial charge in [-0.15, -0.1) is 0 Å². The molecule has 0 aromatic heterocycles. The zero-order chi connectivity index (χ0) is 14.5. The van der Waals surface area contributed by atoms with Crippen molar-refractivity contribution in [2.75, 3.05) is 0 Å². The van der Waals surface area contributed by atoms with E-state index in [1.807, 2.05) is 49.4 Å². The molecule has 0 aliphatic carbocycles. The summed E-state index contributed by atoms with van der Waals surface area (Å²) in [4.78, 5) is 11.8. The van der Waals surface area contributed by atoms with E-state index in [-0.39, 0.29) is 0 Å². The predicted octanol–water partition coefficient (Wildman–Crippen LogP) is 1.55. The van der Waals surface area contributed by atoms with Gasteiger partial charge >= 0.3 is 0 Å². The number of carbonyl (C=O) groups excluding carboxylic acids is 1. The summed E-state index contributed by atoms with van der Waals surface area (Å²) in [5, 5.41) is 14.7. The summed E-state index contributed by atoms with van der Waals surface area (Å²) in [6.07, 6.45) is -0.599. The van der Waals surface area contributed by atoms with Crippen LogP contribution in [0.4, 0.5) is 0 Å². The molecule has 1 amide bonds. The first-order valence-electron chi connectivity index (χ1n) is 6.81. The van der Waals surface area contributed by atoms with Crippen LogP contribution in [-0.4, -0.2) is 23.2 Å². The molecule has 2 atom stereocenters. The maximum absolute atomic E-state index is 11.8. The third-order valence-corrected chi connectivity index (χ3v) is 3.48. The van der Waals surface area contributed by atoms with Crippen molar-refractivity contribution in [3.05, 3.63) is 48.0 Å². The van der Waals surface area contributed by atoms with Crippen molar-refractivity contribution in [3.63, 3.8) is 0 Å². The Balaban J connectivity index is 2.08. The van der Waals surface area contributed by atoms with Gasteiger partial charge in [-0.2, -0.15) is 0 Å². The minimum atomic E-state index is -1.16. The number of nitrogens with two attached hydrogens (primary N) is 1. The number of hydrogen-bond donors (Lipinski definition) is 3. The quantitative estimate of drug-likeness (QED) is 0.773. The monoisotopic (exact) mass is 272 g/mol. The molecule has 20 heavy (non-hydrogen) atoms. The number of hydrogen-bond acceptors (Lipinski definition) is 3. The first-order chi connectivity index (χ1) is 9.63. The van der Waals surface area contributed by atoms with Gasteiger partial charge in [-0.25, -0.2) is 0 Å². The van der Waals surface area contributed by atoms with Crippen LogP contribution in [0.1, 0.15) is 18.9 Å². The average molecular weight is 272 g/mol. The van der Waals surface area contributed by atoms with E-state index in [0.29, 0.717) is 13.0 Å². The molecule has 0 aliphatic heterocycles. The highest BCUT2D eigenvalue weighted by Gasteiger charge is 2.20. The molecule has 4 nitrogen and oxygen atoms in total. The van der Waals surface area contributed by atoms with E-state index in [4.69, 9.17) is 5.73 Å². The Kier molecular flexibility index (Phi) is 4.71. The van der Waals surface area contributed by atoms with Crippen LogP contribution in [-0.2, 0) is 11.3 Å². The van der Waals surface area contributed by atoms with E-state index < -0.39 is 18.1 Å². The lowest BCUT2D eigenvalue weighted by molar-refractivity contribution is -0.130. The fourth-order valence-corrected chi connectivity index (χ4v) is 2.15. The molecule has 0 aliphatic rings. The van der Waals surface area contributed by atoms with Gasteiger partial charge in [0.2, 0.25) is 0 Å². The van der Waals surface area contributed by atoms with E-state index in [9.17, 15) is 9.90 Å². The van der Waals surface area contributed by atoms with Gasteiger partial charge in [-0.05, 0) is 22.8 Å². The molecule has 0 heterocycles. The van der Waals surface area contributed by atoms with E-state index in [1.165, 1.54) is 0 Å². The standard InChI is InChI=1S/C16H20N2O2/c1-2-14(17)15(19)16(20)18-10-12-8-5-7-11-6-3-4-9-13(11)12/h3-9,14-15,19H,2,10,17H2,1H3,(H,18,20)/t14-,15-/m0/s1. The molecule has 106 valence electrons. The van der Waals surface area contributed by atoms with Crippen molar-refractivity contribution < 1.29 is 9.90 Å². The number of amides is 1. The second-order valence-electron chi connectivity index (χ2n) is 4.87. The van der Waals surface area contributed by atoms with Crippen LogP contribution in [0.2, 0.25) is 0 Å². The molecule has 0 radical (unpaired) electrons. The molecule has 2 aromatic carbocycles. The van der Waals surface area contributed by atoms with Crippen LogP contribution in [0.15, 0.2) is 42.5 Å². The van der Waals surface area contributed by atoms with Crippen molar-refractivity contribution in [1.82, 2.24) is 5.32 Å². The fraction of sp³-hybridized carbons (Fsp3) is 0.312. The second-order valence-corrected chi connectivity index (χ2v) is 4.87. The Bertz CT molecular complexity index is 593. The molecular formula is C16H20N2O2. The van der Waals surface area contributed by atoms with Crippen LogP contribution in [0.3, 0.4) is 0 Å². The van der Waals surface area contributed by atoms with Gasteiger partial charge in [-0.3, -0.25) is 4.79 Å². The van der Waals surface area contributed by atoms with E-state index in [0.717, 1.165) is 16.3 Å². The molecule has 0 saturated heterocycles. The maximum atomic E-state index is 11.8. The zero-order valence-electron chi connectivity index (χ0n) is 11.5. The molecule has 2 rings (SSSR count). The van der Waals surface area contributed by atoms with Gasteiger partial charge in [0.15, 0.2) is 0 Å². The molecule has 0 bridgehead atoms. The van der Waals surface area contributed by atoms with Gasteiger partial charge in [-0.1, -0.05) is 49.4 Å². The van der Waals surface area contributed by atoms with Gasteiger partial charge in [0.05, 0.1) is 0 Å². The van der Waals surface area contributed by atoms with Crippen molar-refractivity contribution in [2.45, 2.75) is 32.0 Å². The SMILES string of the molecule is CC[C@H](N)[C@H](O)C(=O)NCc1cccc2ccccc12. The average Bonchev–Trinajstić information content (AvgIpc) is 2.50. The molecule has 4 heteroatoms. The summed E-state index contributed by atoms with van der Waals surface area (Å²) in [6, 6.07) is 13.4. The normalized spacial score (nSPS) is 13.9. The lowest BCUT2D eigenvalue weighted by Gasteiger charge is -2.17. The lowest BCUT2D eigenvalue weighted by Crippen LogP contribution is -2.45. The summed E-state index contributed by atoms with van der Waals surface area (Å²) >= 11 is 0. The smallest absolute Gasteiger partial charge is 0.250 e. The van der Waals surface area contributed by atoms with Crippen molar-refractivity contribution in [3.8, 4) is 0 Å². The summed E-state index contributed by atoms with van der Waals surface area (Å²) in [5.41, 5.74) is 6.69. The topological polar surface area (TPSA) is 75.3 Å². The van der Waals surface area contributed by atoms with Crippen molar-refractivity contribution >= 4 is 16.7 Å². The van der Waals surface area contributed by atoms with Crippen LogP contribution in [0, 0.1) is 0 Å². The summed E-state index contributed by atoms with van der Waals surface area (Å²) < 4.78 is 0. The minimum Gasteiger partial charge on any atom is -0.382 e. The minimum absolute atomic E-state index is 0.383. The Hall–Kier alpha value is -1.91. The summed E-state index contributed by atoms with van der Waals surface area (Å²) in [7, 11) is 0. The third kappa shape index (κ3) is 3.15. The Morgan fingerprint density at radius 1 is 1.25 bits per heavy atom. The molecular weight excluding hydrogens is 252 g/mol. The summed E-state index contributed by atoms with van der Waals surface area (Å²) in [6.45, 7) is 2.22. The Morgan fingerprint density at radius 2 is 1.95 bits per heavy atom. The molecule has 0 spiro atoms. The van der Waals surface area contributed by atoms with Crippen LogP contribution in [0.5, 0.6) is 0 Å². The number of fused-ring (bicyclic) bond motifs is 1. The molecule has 0 fully saturated rings. The predicted molar refractivity (Wildman–Crippen MR) is 80.1 cm³/mol. The highest BCUT2D eigenvalue weighted by molar-refractivity contribution is 5.86. The number of rotatable bonds is 5.